The summed E-state index contributed by atoms with van der Waals surface area (Å²) in [4.78, 5) is 0. The second-order valence-electron chi connectivity index (χ2n) is 3.05. The Morgan fingerprint density at radius 2 is 1.93 bits per heavy atom. The fourth-order valence-corrected chi connectivity index (χ4v) is 2.09. The smallest absolute Gasteiger partial charge is 0.119 e. The monoisotopic (exact) mass is 299 g/mol. The van der Waals surface area contributed by atoms with E-state index in [-0.39, 0.29) is 0 Å². The van der Waals surface area contributed by atoms with Gasteiger partial charge >= 0.3 is 0 Å². The molecule has 0 radical (unpaired) electrons. The average Bonchev–Trinajstić information content (AvgIpc) is 2.23. The molecule has 0 spiro atoms. The number of halogens is 1. The first-order chi connectivity index (χ1) is 6.72. The molecule has 14 heavy (non-hydrogen) atoms. The summed E-state index contributed by atoms with van der Waals surface area (Å²) in [6.07, 6.45) is 0. The molecule has 0 aliphatic heterocycles. The molecule has 0 heterocycles. The van der Waals surface area contributed by atoms with Gasteiger partial charge in [0.25, 0.3) is 0 Å². The summed E-state index contributed by atoms with van der Waals surface area (Å²) in [6.45, 7) is 0. The van der Waals surface area contributed by atoms with Crippen LogP contribution in [0.4, 0.5) is 5.69 Å². The van der Waals surface area contributed by atoms with Crippen LogP contribution in [0.2, 0.25) is 0 Å². The number of ether oxygens (including phenoxy) is 1. The molecule has 72 valence electrons. The van der Waals surface area contributed by atoms with Gasteiger partial charge in [0.05, 0.1) is 7.11 Å². The van der Waals surface area contributed by atoms with Crippen molar-refractivity contribution in [3.05, 3.63) is 33.9 Å². The quantitative estimate of drug-likeness (QED) is 0.649. The maximum absolute atomic E-state index is 5.89. The molecule has 0 saturated heterocycles. The van der Waals surface area contributed by atoms with Crippen molar-refractivity contribution in [1.82, 2.24) is 0 Å². The van der Waals surface area contributed by atoms with Gasteiger partial charge in [-0.3, -0.25) is 0 Å². The minimum atomic E-state index is 0.791. The first-order valence-electron chi connectivity index (χ1n) is 4.24. The SMILES string of the molecule is COc1ccc2c(I)ccc(N)c2c1. The molecule has 0 amide bonds. The van der Waals surface area contributed by atoms with Crippen LogP contribution < -0.4 is 10.5 Å². The van der Waals surface area contributed by atoms with Crippen molar-refractivity contribution in [1.29, 1.82) is 0 Å². The van der Waals surface area contributed by atoms with Crippen molar-refractivity contribution < 1.29 is 4.74 Å². The van der Waals surface area contributed by atoms with Crippen LogP contribution in [0.1, 0.15) is 0 Å². The second-order valence-corrected chi connectivity index (χ2v) is 4.21. The summed E-state index contributed by atoms with van der Waals surface area (Å²) in [5, 5.41) is 2.22. The number of nitrogens with two attached hydrogens (primary N) is 1. The molecule has 0 aromatic heterocycles. The van der Waals surface area contributed by atoms with Gasteiger partial charge in [-0.05, 0) is 58.3 Å². The Bertz CT molecular complexity index is 482. The molecule has 0 saturated carbocycles. The molecule has 0 aliphatic carbocycles. The first kappa shape index (κ1) is 9.58. The maximum Gasteiger partial charge on any atom is 0.119 e. The highest BCUT2D eigenvalue weighted by Gasteiger charge is 2.02. The minimum Gasteiger partial charge on any atom is -0.497 e. The number of benzene rings is 2. The summed E-state index contributed by atoms with van der Waals surface area (Å²) < 4.78 is 6.36. The molecule has 2 aromatic rings. The van der Waals surface area contributed by atoms with Crippen molar-refractivity contribution in [2.24, 2.45) is 0 Å². The lowest BCUT2D eigenvalue weighted by atomic mass is 10.1. The van der Waals surface area contributed by atoms with Gasteiger partial charge in [-0.25, -0.2) is 0 Å². The van der Waals surface area contributed by atoms with Crippen LogP contribution in [0.25, 0.3) is 10.8 Å². The lowest BCUT2D eigenvalue weighted by Crippen LogP contribution is -1.90. The summed E-state index contributed by atoms with van der Waals surface area (Å²) in [5.41, 5.74) is 6.68. The molecule has 0 bridgehead atoms. The number of rotatable bonds is 1. The normalized spacial score (nSPS) is 10.4. The van der Waals surface area contributed by atoms with E-state index in [9.17, 15) is 0 Å². The molecule has 3 heteroatoms. The zero-order chi connectivity index (χ0) is 10.1. The number of nitrogen functional groups attached to an aromatic ring is 1. The van der Waals surface area contributed by atoms with E-state index in [2.05, 4.69) is 22.6 Å². The van der Waals surface area contributed by atoms with Crippen molar-refractivity contribution in [3.63, 3.8) is 0 Å². The number of methoxy groups -OCH3 is 1. The largest absolute Gasteiger partial charge is 0.497 e. The molecule has 0 aliphatic rings. The van der Waals surface area contributed by atoms with Crippen LogP contribution in [0.15, 0.2) is 30.3 Å². The lowest BCUT2D eigenvalue weighted by Gasteiger charge is -2.06. The van der Waals surface area contributed by atoms with E-state index in [0.29, 0.717) is 0 Å². The van der Waals surface area contributed by atoms with Gasteiger partial charge in [-0.2, -0.15) is 0 Å². The standard InChI is InChI=1S/C11H10INO/c1-14-7-2-3-8-9(6-7)11(13)5-4-10(8)12/h2-6H,13H2,1H3. The molecular weight excluding hydrogens is 289 g/mol. The van der Waals surface area contributed by atoms with Crippen LogP contribution >= 0.6 is 22.6 Å². The zero-order valence-electron chi connectivity index (χ0n) is 7.75. The molecule has 2 nitrogen and oxygen atoms in total. The third kappa shape index (κ3) is 1.52. The van der Waals surface area contributed by atoms with E-state index in [1.54, 1.807) is 7.11 Å². The Morgan fingerprint density at radius 1 is 1.14 bits per heavy atom. The molecule has 0 fully saturated rings. The van der Waals surface area contributed by atoms with Crippen molar-refractivity contribution in [2.75, 3.05) is 12.8 Å². The van der Waals surface area contributed by atoms with E-state index in [1.807, 2.05) is 30.3 Å². The highest BCUT2D eigenvalue weighted by atomic mass is 127. The summed E-state index contributed by atoms with van der Waals surface area (Å²) in [6, 6.07) is 9.89. The van der Waals surface area contributed by atoms with E-state index in [4.69, 9.17) is 10.5 Å². The van der Waals surface area contributed by atoms with Gasteiger partial charge in [-0.15, -0.1) is 0 Å². The topological polar surface area (TPSA) is 35.2 Å². The number of fused-ring (bicyclic) bond motifs is 1. The Morgan fingerprint density at radius 3 is 2.64 bits per heavy atom. The third-order valence-electron chi connectivity index (χ3n) is 2.20. The van der Waals surface area contributed by atoms with Crippen molar-refractivity contribution in [3.8, 4) is 5.75 Å². The van der Waals surface area contributed by atoms with Crippen LogP contribution in [0.3, 0.4) is 0 Å². The average molecular weight is 299 g/mol. The highest BCUT2D eigenvalue weighted by molar-refractivity contribution is 14.1. The second kappa shape index (κ2) is 3.65. The minimum absolute atomic E-state index is 0.791. The summed E-state index contributed by atoms with van der Waals surface area (Å²) >= 11 is 2.30. The Kier molecular flexibility index (Phi) is 2.50. The van der Waals surface area contributed by atoms with Gasteiger partial charge in [-0.1, -0.05) is 0 Å². The Balaban J connectivity index is 2.80. The fraction of sp³-hybridized carbons (Fsp3) is 0.0909. The number of hydrogen-bond donors (Lipinski definition) is 1. The molecule has 0 unspecified atom stereocenters. The Hall–Kier alpha value is -0.970. The van der Waals surface area contributed by atoms with Crippen molar-refractivity contribution in [2.45, 2.75) is 0 Å². The van der Waals surface area contributed by atoms with Gasteiger partial charge < -0.3 is 10.5 Å². The van der Waals surface area contributed by atoms with Gasteiger partial charge in [0.1, 0.15) is 5.75 Å². The van der Waals surface area contributed by atoms with Crippen LogP contribution in [-0.2, 0) is 0 Å². The summed E-state index contributed by atoms with van der Waals surface area (Å²) in [5.74, 6) is 0.839. The van der Waals surface area contributed by atoms with E-state index in [1.165, 1.54) is 8.96 Å². The number of anilines is 1. The zero-order valence-corrected chi connectivity index (χ0v) is 9.91. The van der Waals surface area contributed by atoms with Gasteiger partial charge in [0.15, 0.2) is 0 Å². The predicted molar refractivity (Wildman–Crippen MR) is 67.6 cm³/mol. The highest BCUT2D eigenvalue weighted by Crippen LogP contribution is 2.29. The van der Waals surface area contributed by atoms with Crippen molar-refractivity contribution >= 4 is 39.1 Å². The first-order valence-corrected chi connectivity index (χ1v) is 5.32. The fourth-order valence-electron chi connectivity index (χ4n) is 1.44. The van der Waals surface area contributed by atoms with E-state index >= 15 is 0 Å². The van der Waals surface area contributed by atoms with E-state index in [0.717, 1.165) is 16.8 Å². The predicted octanol–water partition coefficient (Wildman–Crippen LogP) is 3.04. The molecule has 2 rings (SSSR count). The molecule has 2 N–H and O–H groups in total. The summed E-state index contributed by atoms with van der Waals surface area (Å²) in [7, 11) is 1.66. The van der Waals surface area contributed by atoms with Gasteiger partial charge in [0, 0.05) is 14.6 Å². The van der Waals surface area contributed by atoms with Crippen LogP contribution in [0.5, 0.6) is 5.75 Å². The lowest BCUT2D eigenvalue weighted by molar-refractivity contribution is 0.415. The molecule has 2 aromatic carbocycles. The van der Waals surface area contributed by atoms with E-state index < -0.39 is 0 Å². The third-order valence-corrected chi connectivity index (χ3v) is 3.14. The van der Waals surface area contributed by atoms with Gasteiger partial charge in [0.2, 0.25) is 0 Å². The number of hydrogen-bond acceptors (Lipinski definition) is 2. The molecular formula is C11H10INO. The van der Waals surface area contributed by atoms with Crippen LogP contribution in [0, 0.1) is 3.57 Å². The Labute approximate surface area is 96.2 Å². The molecule has 0 atom stereocenters. The van der Waals surface area contributed by atoms with Crippen LogP contribution in [-0.4, -0.2) is 7.11 Å². The maximum atomic E-state index is 5.89.